The van der Waals surface area contributed by atoms with Gasteiger partial charge in [-0.1, -0.05) is 20.8 Å². The number of hydrogen-bond acceptors (Lipinski definition) is 3. The van der Waals surface area contributed by atoms with Crippen molar-refractivity contribution in [3.05, 3.63) is 0 Å². The second-order valence-electron chi connectivity index (χ2n) is 6.12. The van der Waals surface area contributed by atoms with E-state index >= 15 is 0 Å². The molecule has 1 amide bonds. The Bertz CT molecular complexity index is 258. The summed E-state index contributed by atoms with van der Waals surface area (Å²) in [7, 11) is 2.18. The van der Waals surface area contributed by atoms with E-state index in [0.717, 1.165) is 13.1 Å². The Hall–Kier alpha value is -0.610. The highest BCUT2D eigenvalue weighted by Crippen LogP contribution is 2.34. The second kappa shape index (κ2) is 7.10. The van der Waals surface area contributed by atoms with Crippen molar-refractivity contribution in [2.24, 2.45) is 11.3 Å². The molecule has 0 radical (unpaired) electrons. The number of amides is 1. The van der Waals surface area contributed by atoms with Gasteiger partial charge in [-0.2, -0.15) is 0 Å². The number of rotatable bonds is 6. The second-order valence-corrected chi connectivity index (χ2v) is 6.12. The predicted octanol–water partition coefficient (Wildman–Crippen LogP) is 1.08. The van der Waals surface area contributed by atoms with Crippen molar-refractivity contribution >= 4 is 5.91 Å². The fraction of sp³-hybridized carbons (Fsp3) is 0.929. The number of carbonyl (C=O) groups is 1. The minimum Gasteiger partial charge on any atom is -0.354 e. The summed E-state index contributed by atoms with van der Waals surface area (Å²) in [6.07, 6.45) is 2.49. The largest absolute Gasteiger partial charge is 0.354 e. The normalized spacial score (nSPS) is 18.9. The quantitative estimate of drug-likeness (QED) is 0.746. The fourth-order valence-corrected chi connectivity index (χ4v) is 2.56. The number of carbonyl (C=O) groups excluding carboxylic acids is 1. The van der Waals surface area contributed by atoms with Crippen molar-refractivity contribution in [2.75, 3.05) is 39.8 Å². The molecule has 4 heteroatoms. The average Bonchev–Trinajstić information content (AvgIpc) is 2.34. The molecule has 0 spiro atoms. The molecule has 1 rings (SSSR count). The standard InChI is InChI=1S/C14H29N3O/c1-5-15-10-13(18)16-11-14(2,3)12-6-8-17(4)9-7-12/h12,15H,5-11H2,1-4H3,(H,16,18). The maximum absolute atomic E-state index is 11.6. The number of nitrogens with zero attached hydrogens (tertiary/aromatic N) is 1. The molecule has 0 aromatic heterocycles. The van der Waals surface area contributed by atoms with Crippen LogP contribution in [0.2, 0.25) is 0 Å². The minimum atomic E-state index is 0.109. The van der Waals surface area contributed by atoms with Crippen LogP contribution in [0.1, 0.15) is 33.6 Å². The van der Waals surface area contributed by atoms with Gasteiger partial charge in [-0.15, -0.1) is 0 Å². The molecule has 1 aliphatic heterocycles. The highest BCUT2D eigenvalue weighted by Gasteiger charge is 2.31. The molecular weight excluding hydrogens is 226 g/mol. The number of nitrogens with one attached hydrogen (secondary N) is 2. The van der Waals surface area contributed by atoms with Gasteiger partial charge in [-0.25, -0.2) is 0 Å². The van der Waals surface area contributed by atoms with Gasteiger partial charge in [-0.3, -0.25) is 4.79 Å². The van der Waals surface area contributed by atoms with Crippen molar-refractivity contribution in [3.63, 3.8) is 0 Å². The summed E-state index contributed by atoms with van der Waals surface area (Å²) < 4.78 is 0. The lowest BCUT2D eigenvalue weighted by molar-refractivity contribution is -0.120. The minimum absolute atomic E-state index is 0.109. The summed E-state index contributed by atoms with van der Waals surface area (Å²) in [5.41, 5.74) is 0.198. The molecule has 4 nitrogen and oxygen atoms in total. The number of piperidine rings is 1. The first kappa shape index (κ1) is 15.4. The summed E-state index contributed by atoms with van der Waals surface area (Å²) in [5, 5.41) is 6.10. The van der Waals surface area contributed by atoms with Gasteiger partial charge in [-0.05, 0) is 50.9 Å². The Morgan fingerprint density at radius 1 is 1.33 bits per heavy atom. The molecule has 1 saturated heterocycles. The van der Waals surface area contributed by atoms with E-state index in [-0.39, 0.29) is 11.3 Å². The SMILES string of the molecule is CCNCC(=O)NCC(C)(C)C1CCN(C)CC1. The monoisotopic (exact) mass is 255 g/mol. The third-order valence-electron chi connectivity index (χ3n) is 4.10. The molecule has 106 valence electrons. The lowest BCUT2D eigenvalue weighted by Gasteiger charge is -2.39. The van der Waals surface area contributed by atoms with Crippen LogP contribution in [0.3, 0.4) is 0 Å². The summed E-state index contributed by atoms with van der Waals surface area (Å²) in [5.74, 6) is 0.825. The Labute approximate surface area is 111 Å². The molecule has 2 N–H and O–H groups in total. The van der Waals surface area contributed by atoms with Crippen molar-refractivity contribution < 1.29 is 4.79 Å². The number of likely N-dealkylation sites (N-methyl/N-ethyl adjacent to an activating group) is 1. The molecule has 0 unspecified atom stereocenters. The van der Waals surface area contributed by atoms with E-state index < -0.39 is 0 Å². The van der Waals surface area contributed by atoms with E-state index in [9.17, 15) is 4.79 Å². The first-order valence-corrected chi connectivity index (χ1v) is 7.11. The lowest BCUT2D eigenvalue weighted by Crippen LogP contribution is -2.44. The van der Waals surface area contributed by atoms with Crippen molar-refractivity contribution in [1.29, 1.82) is 0 Å². The molecule has 1 heterocycles. The zero-order chi connectivity index (χ0) is 13.6. The Morgan fingerprint density at radius 2 is 1.94 bits per heavy atom. The van der Waals surface area contributed by atoms with Crippen LogP contribution in [0.25, 0.3) is 0 Å². The van der Waals surface area contributed by atoms with E-state index in [4.69, 9.17) is 0 Å². The topological polar surface area (TPSA) is 44.4 Å². The van der Waals surface area contributed by atoms with Crippen molar-refractivity contribution in [1.82, 2.24) is 15.5 Å². The highest BCUT2D eigenvalue weighted by atomic mass is 16.1. The van der Waals surface area contributed by atoms with Gasteiger partial charge in [0.25, 0.3) is 0 Å². The van der Waals surface area contributed by atoms with Crippen LogP contribution in [-0.2, 0) is 4.79 Å². The van der Waals surface area contributed by atoms with E-state index in [0.29, 0.717) is 12.5 Å². The third-order valence-corrected chi connectivity index (χ3v) is 4.10. The van der Waals surface area contributed by atoms with E-state index in [1.165, 1.54) is 25.9 Å². The molecule has 1 fully saturated rings. The number of hydrogen-bond donors (Lipinski definition) is 2. The van der Waals surface area contributed by atoms with Crippen molar-refractivity contribution in [2.45, 2.75) is 33.6 Å². The molecule has 1 aliphatic rings. The van der Waals surface area contributed by atoms with Crippen LogP contribution in [0.15, 0.2) is 0 Å². The van der Waals surface area contributed by atoms with Gasteiger partial charge in [0.15, 0.2) is 0 Å². The maximum Gasteiger partial charge on any atom is 0.233 e. The Morgan fingerprint density at radius 3 is 2.50 bits per heavy atom. The van der Waals surface area contributed by atoms with Gasteiger partial charge >= 0.3 is 0 Å². The lowest BCUT2D eigenvalue weighted by atomic mass is 9.73. The van der Waals surface area contributed by atoms with E-state index in [2.05, 4.69) is 36.4 Å². The van der Waals surface area contributed by atoms with Gasteiger partial charge in [0.1, 0.15) is 0 Å². The predicted molar refractivity (Wildman–Crippen MR) is 75.6 cm³/mol. The van der Waals surface area contributed by atoms with Gasteiger partial charge in [0, 0.05) is 6.54 Å². The highest BCUT2D eigenvalue weighted by molar-refractivity contribution is 5.77. The number of likely N-dealkylation sites (tertiary alicyclic amines) is 1. The van der Waals surface area contributed by atoms with Crippen molar-refractivity contribution in [3.8, 4) is 0 Å². The molecule has 0 bridgehead atoms. The van der Waals surface area contributed by atoms with Crippen LogP contribution < -0.4 is 10.6 Å². The summed E-state index contributed by atoms with van der Waals surface area (Å²) in [6, 6.07) is 0. The third kappa shape index (κ3) is 4.94. The molecule has 0 aromatic carbocycles. The van der Waals surface area contributed by atoms with Gasteiger partial charge in [0.05, 0.1) is 6.54 Å². The first-order chi connectivity index (χ1) is 8.45. The van der Waals surface area contributed by atoms with Crippen LogP contribution in [0.5, 0.6) is 0 Å². The Balaban J connectivity index is 2.32. The van der Waals surface area contributed by atoms with Gasteiger partial charge in [0.2, 0.25) is 5.91 Å². The smallest absolute Gasteiger partial charge is 0.233 e. The van der Waals surface area contributed by atoms with Crippen LogP contribution in [0, 0.1) is 11.3 Å². The van der Waals surface area contributed by atoms with Crippen LogP contribution in [-0.4, -0.2) is 50.6 Å². The molecular formula is C14H29N3O. The molecule has 0 aromatic rings. The zero-order valence-electron chi connectivity index (χ0n) is 12.4. The summed E-state index contributed by atoms with van der Waals surface area (Å²) in [4.78, 5) is 14.0. The summed E-state index contributed by atoms with van der Waals surface area (Å²) >= 11 is 0. The van der Waals surface area contributed by atoms with Crippen LogP contribution >= 0.6 is 0 Å². The average molecular weight is 255 g/mol. The molecule has 0 atom stereocenters. The zero-order valence-corrected chi connectivity index (χ0v) is 12.4. The molecule has 18 heavy (non-hydrogen) atoms. The fourth-order valence-electron chi connectivity index (χ4n) is 2.56. The van der Waals surface area contributed by atoms with Crippen LogP contribution in [0.4, 0.5) is 0 Å². The maximum atomic E-state index is 11.6. The van der Waals surface area contributed by atoms with Gasteiger partial charge < -0.3 is 15.5 Å². The van der Waals surface area contributed by atoms with E-state index in [1.807, 2.05) is 6.92 Å². The summed E-state index contributed by atoms with van der Waals surface area (Å²) in [6.45, 7) is 11.0. The molecule has 0 saturated carbocycles. The molecule has 0 aliphatic carbocycles. The Kier molecular flexibility index (Phi) is 6.09. The van der Waals surface area contributed by atoms with E-state index in [1.54, 1.807) is 0 Å². The first-order valence-electron chi connectivity index (χ1n) is 7.11.